The lowest BCUT2D eigenvalue weighted by molar-refractivity contribution is -0.116. The molecule has 0 saturated heterocycles. The molecule has 0 spiro atoms. The quantitative estimate of drug-likeness (QED) is 0.540. The van der Waals surface area contributed by atoms with E-state index in [4.69, 9.17) is 10.2 Å². The fourth-order valence-electron chi connectivity index (χ4n) is 0.502. The predicted molar refractivity (Wildman–Crippen MR) is 37.5 cm³/mol. The average Bonchev–Trinajstić information content (AvgIpc) is 2.01. The maximum atomic E-state index is 10.2. The van der Waals surface area contributed by atoms with E-state index in [0.717, 1.165) is 6.29 Å². The van der Waals surface area contributed by atoms with Crippen LogP contribution in [0.5, 0.6) is 0 Å². The average molecular weight is 146 g/mol. The summed E-state index contributed by atoms with van der Waals surface area (Å²) in [5.41, 5.74) is -0.665. The Bertz CT molecular complexity index is 107. The molecule has 10 heavy (non-hydrogen) atoms. The van der Waals surface area contributed by atoms with E-state index in [9.17, 15) is 4.79 Å². The summed E-state index contributed by atoms with van der Waals surface area (Å²) in [6, 6.07) is 0. The Balaban J connectivity index is 4.15. The number of aliphatic hydroxyl groups excluding tert-OH is 2. The van der Waals surface area contributed by atoms with Crippen molar-refractivity contribution in [1.82, 2.24) is 0 Å². The largest absolute Gasteiger partial charge is 0.396 e. The van der Waals surface area contributed by atoms with Crippen molar-refractivity contribution in [1.29, 1.82) is 0 Å². The molecule has 3 heteroatoms. The normalized spacial score (nSPS) is 14.8. The minimum absolute atomic E-state index is 0.163. The Hall–Kier alpha value is -0.410. The smallest absolute Gasteiger partial charge is 0.123 e. The van der Waals surface area contributed by atoms with Crippen LogP contribution in [-0.4, -0.2) is 29.7 Å². The van der Waals surface area contributed by atoms with Gasteiger partial charge in [-0.1, -0.05) is 13.8 Å². The van der Waals surface area contributed by atoms with E-state index < -0.39 is 5.41 Å². The molecule has 0 radical (unpaired) electrons. The van der Waals surface area contributed by atoms with Gasteiger partial charge in [-0.2, -0.15) is 0 Å². The van der Waals surface area contributed by atoms with Gasteiger partial charge in [-0.05, 0) is 0 Å². The van der Waals surface area contributed by atoms with Gasteiger partial charge in [-0.3, -0.25) is 0 Å². The van der Waals surface area contributed by atoms with Crippen molar-refractivity contribution in [2.24, 2.45) is 11.3 Å². The van der Waals surface area contributed by atoms with Gasteiger partial charge in [0.25, 0.3) is 0 Å². The van der Waals surface area contributed by atoms with Crippen molar-refractivity contribution in [2.45, 2.75) is 13.8 Å². The molecule has 0 aliphatic carbocycles. The van der Waals surface area contributed by atoms with Crippen LogP contribution in [-0.2, 0) is 4.79 Å². The van der Waals surface area contributed by atoms with Crippen LogP contribution in [0.1, 0.15) is 13.8 Å². The molecule has 2 N–H and O–H groups in total. The highest BCUT2D eigenvalue weighted by Gasteiger charge is 2.29. The Morgan fingerprint density at radius 3 is 2.00 bits per heavy atom. The Morgan fingerprint density at radius 2 is 1.90 bits per heavy atom. The van der Waals surface area contributed by atoms with Crippen molar-refractivity contribution in [3.8, 4) is 0 Å². The van der Waals surface area contributed by atoms with E-state index in [1.54, 1.807) is 13.8 Å². The van der Waals surface area contributed by atoms with Crippen molar-refractivity contribution in [3.05, 3.63) is 0 Å². The van der Waals surface area contributed by atoms with Crippen LogP contribution < -0.4 is 0 Å². The number of carbonyl (C=O) groups excluding carboxylic acids is 1. The van der Waals surface area contributed by atoms with Crippen LogP contribution in [0.2, 0.25) is 0 Å². The molecule has 0 amide bonds. The second kappa shape index (κ2) is 3.68. The maximum Gasteiger partial charge on any atom is 0.123 e. The summed E-state index contributed by atoms with van der Waals surface area (Å²) in [5, 5.41) is 17.5. The van der Waals surface area contributed by atoms with Gasteiger partial charge in [0.2, 0.25) is 0 Å². The van der Waals surface area contributed by atoms with Gasteiger partial charge < -0.3 is 15.0 Å². The van der Waals surface area contributed by atoms with Crippen molar-refractivity contribution in [2.75, 3.05) is 13.2 Å². The number of rotatable bonds is 4. The third-order valence-electron chi connectivity index (χ3n) is 2.03. The van der Waals surface area contributed by atoms with Gasteiger partial charge in [-0.15, -0.1) is 0 Å². The molecule has 0 fully saturated rings. The molecule has 0 aromatic heterocycles. The molecule has 0 aromatic carbocycles. The van der Waals surface area contributed by atoms with Gasteiger partial charge in [-0.25, -0.2) is 0 Å². The standard InChI is InChI=1S/C7H14O3/c1-6(3-8)7(2,4-9)5-10/h3,6,9-10H,4-5H2,1-2H3. The van der Waals surface area contributed by atoms with Gasteiger partial charge in [0.1, 0.15) is 6.29 Å². The van der Waals surface area contributed by atoms with Crippen LogP contribution in [0.3, 0.4) is 0 Å². The molecule has 0 rings (SSSR count). The molecule has 0 aromatic rings. The molecular formula is C7H14O3. The summed E-state index contributed by atoms with van der Waals surface area (Å²) in [6.45, 7) is 3.03. The third-order valence-corrected chi connectivity index (χ3v) is 2.03. The molecule has 0 aliphatic heterocycles. The molecule has 1 atom stereocenters. The number of hydrogen-bond donors (Lipinski definition) is 2. The summed E-state index contributed by atoms with van der Waals surface area (Å²) in [6.07, 6.45) is 0.743. The Kier molecular flexibility index (Phi) is 3.53. The highest BCUT2D eigenvalue weighted by Crippen LogP contribution is 2.23. The zero-order valence-corrected chi connectivity index (χ0v) is 6.37. The van der Waals surface area contributed by atoms with E-state index in [0.29, 0.717) is 0 Å². The summed E-state index contributed by atoms with van der Waals surface area (Å²) >= 11 is 0. The fourth-order valence-corrected chi connectivity index (χ4v) is 0.502. The first-order valence-corrected chi connectivity index (χ1v) is 3.27. The minimum atomic E-state index is -0.665. The first kappa shape index (κ1) is 9.59. The molecular weight excluding hydrogens is 132 g/mol. The van der Waals surface area contributed by atoms with E-state index in [1.807, 2.05) is 0 Å². The molecule has 0 aliphatic rings. The fraction of sp³-hybridized carbons (Fsp3) is 0.857. The van der Waals surface area contributed by atoms with E-state index >= 15 is 0 Å². The summed E-state index contributed by atoms with van der Waals surface area (Å²) in [7, 11) is 0. The summed E-state index contributed by atoms with van der Waals surface area (Å²) in [4.78, 5) is 10.2. The van der Waals surface area contributed by atoms with Gasteiger partial charge in [0.05, 0.1) is 13.2 Å². The lowest BCUT2D eigenvalue weighted by atomic mass is 9.80. The third kappa shape index (κ3) is 1.78. The van der Waals surface area contributed by atoms with Crippen molar-refractivity contribution in [3.63, 3.8) is 0 Å². The van der Waals surface area contributed by atoms with Crippen LogP contribution in [0.15, 0.2) is 0 Å². The van der Waals surface area contributed by atoms with Gasteiger partial charge >= 0.3 is 0 Å². The summed E-state index contributed by atoms with van der Waals surface area (Å²) in [5.74, 6) is -0.303. The van der Waals surface area contributed by atoms with E-state index in [2.05, 4.69) is 0 Å². The highest BCUT2D eigenvalue weighted by molar-refractivity contribution is 5.54. The molecule has 0 heterocycles. The lowest BCUT2D eigenvalue weighted by Crippen LogP contribution is -2.34. The van der Waals surface area contributed by atoms with Crippen LogP contribution in [0.25, 0.3) is 0 Å². The number of carbonyl (C=O) groups is 1. The topological polar surface area (TPSA) is 57.5 Å². The van der Waals surface area contributed by atoms with Crippen molar-refractivity contribution >= 4 is 6.29 Å². The highest BCUT2D eigenvalue weighted by atomic mass is 16.3. The van der Waals surface area contributed by atoms with Gasteiger partial charge in [0.15, 0.2) is 0 Å². The second-order valence-electron chi connectivity index (χ2n) is 2.90. The number of hydrogen-bond acceptors (Lipinski definition) is 3. The Labute approximate surface area is 60.7 Å². The second-order valence-corrected chi connectivity index (χ2v) is 2.90. The number of aldehydes is 1. The Morgan fingerprint density at radius 1 is 1.50 bits per heavy atom. The van der Waals surface area contributed by atoms with Crippen LogP contribution >= 0.6 is 0 Å². The zero-order valence-electron chi connectivity index (χ0n) is 6.37. The maximum absolute atomic E-state index is 10.2. The molecule has 0 bridgehead atoms. The lowest BCUT2D eigenvalue weighted by Gasteiger charge is -2.27. The van der Waals surface area contributed by atoms with E-state index in [-0.39, 0.29) is 19.1 Å². The predicted octanol–water partition coefficient (Wildman–Crippen LogP) is -0.188. The van der Waals surface area contributed by atoms with Crippen LogP contribution in [0.4, 0.5) is 0 Å². The first-order chi connectivity index (χ1) is 4.60. The molecule has 3 nitrogen and oxygen atoms in total. The van der Waals surface area contributed by atoms with Crippen molar-refractivity contribution < 1.29 is 15.0 Å². The van der Waals surface area contributed by atoms with E-state index in [1.165, 1.54) is 0 Å². The van der Waals surface area contributed by atoms with Crippen LogP contribution in [0, 0.1) is 11.3 Å². The molecule has 0 saturated carbocycles. The minimum Gasteiger partial charge on any atom is -0.396 e. The zero-order chi connectivity index (χ0) is 8.20. The monoisotopic (exact) mass is 146 g/mol. The first-order valence-electron chi connectivity index (χ1n) is 3.27. The molecule has 60 valence electrons. The number of aliphatic hydroxyl groups is 2. The SMILES string of the molecule is CC(C=O)C(C)(CO)CO. The molecule has 1 unspecified atom stereocenters. The summed E-state index contributed by atoms with van der Waals surface area (Å²) < 4.78 is 0. The van der Waals surface area contributed by atoms with Gasteiger partial charge in [0, 0.05) is 11.3 Å².